The van der Waals surface area contributed by atoms with E-state index in [0.717, 1.165) is 29.7 Å². The quantitative estimate of drug-likeness (QED) is 0.0418. The van der Waals surface area contributed by atoms with Crippen molar-refractivity contribution < 1.29 is 92.9 Å². The molecule has 14 nitrogen and oxygen atoms in total. The minimum Gasteiger partial charge on any atom is -0.548 e. The van der Waals surface area contributed by atoms with Crippen molar-refractivity contribution in [3.05, 3.63) is 59.8 Å². The fourth-order valence-corrected chi connectivity index (χ4v) is 9.47. The summed E-state index contributed by atoms with van der Waals surface area (Å²) in [6.07, 6.45) is 17.1. The molecule has 0 spiro atoms. The molecular weight excluding hydrogens is 858 g/mol. The second-order valence-corrected chi connectivity index (χ2v) is 19.0. The number of methoxy groups -OCH3 is 3. The average Bonchev–Trinajstić information content (AvgIpc) is 3.28. The number of carboxylic acid groups (broad SMARTS) is 1. The zero-order valence-corrected chi connectivity index (χ0v) is 43.5. The fraction of sp³-hybridized carbons (Fsp3) is 0.706. The summed E-state index contributed by atoms with van der Waals surface area (Å²) in [5.41, 5.74) is 1.34. The number of carbonyl (C=O) groups excluding carboxylic acids is 5. The Morgan fingerprint density at radius 1 is 0.879 bits per heavy atom. The van der Waals surface area contributed by atoms with Crippen LogP contribution in [-0.4, -0.2) is 126 Å². The van der Waals surface area contributed by atoms with E-state index in [1.165, 1.54) is 7.11 Å². The van der Waals surface area contributed by atoms with Gasteiger partial charge in [-0.15, -0.1) is 0 Å². The van der Waals surface area contributed by atoms with Crippen molar-refractivity contribution in [2.75, 3.05) is 27.9 Å². The van der Waals surface area contributed by atoms with Crippen molar-refractivity contribution >= 4 is 29.2 Å². The van der Waals surface area contributed by atoms with Gasteiger partial charge in [-0.2, -0.15) is 0 Å². The van der Waals surface area contributed by atoms with Crippen molar-refractivity contribution in [3.8, 4) is 0 Å². The van der Waals surface area contributed by atoms with Crippen LogP contribution in [0.15, 0.2) is 59.8 Å². The maximum atomic E-state index is 13.5. The molecule has 14 unspecified atom stereocenters. The normalized spacial score (nSPS) is 28.9. The third-order valence-corrected chi connectivity index (χ3v) is 13.7. The van der Waals surface area contributed by atoms with Crippen molar-refractivity contribution in [1.82, 2.24) is 4.90 Å². The van der Waals surface area contributed by atoms with E-state index < -0.39 is 77.8 Å². The Bertz CT molecular complexity index is 1760. The third kappa shape index (κ3) is 17.1. The van der Waals surface area contributed by atoms with Gasteiger partial charge in [0.2, 0.25) is 5.79 Å². The minimum atomic E-state index is -2.40. The van der Waals surface area contributed by atoms with Crippen LogP contribution in [0.3, 0.4) is 0 Å². The Morgan fingerprint density at radius 2 is 1.58 bits per heavy atom. The predicted molar refractivity (Wildman–Crippen MR) is 245 cm³/mol. The molecule has 3 N–H and O–H groups in total. The number of aliphatic hydroxyl groups is 3. The molecule has 1 saturated carbocycles. The SMILES string of the molecule is COC(CC1CCC(C)C(O)(C(=O)C(=O)N2CCCCC2C(=O)[O-])O1)C(C)=CC=CC=CC(C)CC(C)C(=O)C(OC)C(O)C(C)=CC(C)C(=O)C=CC(C)CC1CCC(O)C(OC)C1.[Na+]. The van der Waals surface area contributed by atoms with Gasteiger partial charge < -0.3 is 49.1 Å². The number of aliphatic hydroxyl groups excluding tert-OH is 2. The van der Waals surface area contributed by atoms with E-state index in [1.54, 1.807) is 47.1 Å². The average molecular weight is 936 g/mol. The summed E-state index contributed by atoms with van der Waals surface area (Å²) < 4.78 is 22.6. The topological polar surface area (TPSA) is 209 Å². The minimum absolute atomic E-state index is 0. The molecule has 2 aliphatic heterocycles. The number of carboxylic acids is 1. The van der Waals surface area contributed by atoms with Crippen molar-refractivity contribution in [3.63, 3.8) is 0 Å². The molecule has 3 fully saturated rings. The standard InChI is InChI=1S/C51H79NO13.Na/c1-31(26-35(5)45(55)47(64-10)46(56)36(6)28-34(4)41(53)23-19-32(2)27-38-21-24-42(54)44(29-38)63-9)16-12-11-13-17-33(3)43(62-8)30-39-22-20-37(7)51(61,65-39)48(57)49(58)52-25-15-14-18-40(52)50(59)60;/h11-13,16-17,19,23,28,31-32,34-35,37-40,42-44,46-47,54,56,61H,14-15,18,20-22,24-27,29-30H2,1-10H3,(H,59,60);/q;+1/p-1. The first kappa shape index (κ1) is 59.5. The first-order valence-corrected chi connectivity index (χ1v) is 23.5. The summed E-state index contributed by atoms with van der Waals surface area (Å²) in [5.74, 6) is -7.43. The number of rotatable bonds is 24. The van der Waals surface area contributed by atoms with Gasteiger partial charge in [0.25, 0.3) is 11.7 Å². The summed E-state index contributed by atoms with van der Waals surface area (Å²) >= 11 is 0. The first-order chi connectivity index (χ1) is 30.7. The Hall–Kier alpha value is -2.63. The van der Waals surface area contributed by atoms with Crippen LogP contribution >= 0.6 is 0 Å². The van der Waals surface area contributed by atoms with Gasteiger partial charge >= 0.3 is 29.6 Å². The van der Waals surface area contributed by atoms with Gasteiger partial charge in [-0.05, 0) is 113 Å². The van der Waals surface area contributed by atoms with Gasteiger partial charge in [0, 0.05) is 52.0 Å². The zero-order valence-electron chi connectivity index (χ0n) is 41.5. The van der Waals surface area contributed by atoms with E-state index in [4.69, 9.17) is 18.9 Å². The Kier molecular flexibility index (Phi) is 25.9. The molecule has 0 aromatic rings. The second kappa shape index (κ2) is 28.8. The summed E-state index contributed by atoms with van der Waals surface area (Å²) in [6.45, 7) is 12.9. The second-order valence-electron chi connectivity index (χ2n) is 19.0. The van der Waals surface area contributed by atoms with E-state index in [-0.39, 0.29) is 72.0 Å². The number of Topliss-reactive ketones (excluding diaryl/α,β-unsaturated/α-hetero) is 2. The molecule has 0 aromatic carbocycles. The van der Waals surface area contributed by atoms with Crippen LogP contribution in [0, 0.1) is 35.5 Å². The molecule has 15 heteroatoms. The molecule has 2 heterocycles. The van der Waals surface area contributed by atoms with Crippen LogP contribution in [-0.2, 0) is 42.9 Å². The zero-order chi connectivity index (χ0) is 48.6. The number of amides is 1. The molecule has 1 amide bonds. The van der Waals surface area contributed by atoms with Crippen LogP contribution in [0.2, 0.25) is 0 Å². The van der Waals surface area contributed by atoms with Gasteiger partial charge in [0.15, 0.2) is 11.6 Å². The number of nitrogens with zero attached hydrogens (tertiary/aromatic N) is 1. The van der Waals surface area contributed by atoms with Crippen molar-refractivity contribution in [2.45, 2.75) is 168 Å². The van der Waals surface area contributed by atoms with Crippen LogP contribution in [0.25, 0.3) is 0 Å². The van der Waals surface area contributed by atoms with Gasteiger partial charge in [0.05, 0.1) is 36.4 Å². The third-order valence-electron chi connectivity index (χ3n) is 13.7. The van der Waals surface area contributed by atoms with Crippen LogP contribution in [0.1, 0.15) is 119 Å². The monoisotopic (exact) mass is 936 g/mol. The molecule has 66 heavy (non-hydrogen) atoms. The summed E-state index contributed by atoms with van der Waals surface area (Å²) in [5, 5.41) is 44.4. The number of carbonyl (C=O) groups is 5. The number of hydrogen-bond donors (Lipinski definition) is 3. The molecule has 0 radical (unpaired) electrons. The number of aliphatic carboxylic acids is 1. The molecule has 1 aliphatic carbocycles. The molecule has 14 atom stereocenters. The fourth-order valence-electron chi connectivity index (χ4n) is 9.47. The molecule has 0 aromatic heterocycles. The molecule has 2 saturated heterocycles. The Balaban J connectivity index is 0.0000150. The van der Waals surface area contributed by atoms with E-state index in [0.29, 0.717) is 56.4 Å². The first-order valence-electron chi connectivity index (χ1n) is 23.5. The van der Waals surface area contributed by atoms with Gasteiger partial charge in [-0.1, -0.05) is 77.2 Å². The van der Waals surface area contributed by atoms with Crippen LogP contribution in [0.4, 0.5) is 0 Å². The van der Waals surface area contributed by atoms with E-state index >= 15 is 0 Å². The molecule has 3 rings (SSSR count). The van der Waals surface area contributed by atoms with Gasteiger partial charge in [0.1, 0.15) is 12.2 Å². The smallest absolute Gasteiger partial charge is 0.548 e. The van der Waals surface area contributed by atoms with Gasteiger partial charge in [-0.3, -0.25) is 19.2 Å². The van der Waals surface area contributed by atoms with Crippen molar-refractivity contribution in [2.24, 2.45) is 35.5 Å². The molecular formula is C51H78NNaO13. The predicted octanol–water partition coefficient (Wildman–Crippen LogP) is 2.18. The summed E-state index contributed by atoms with van der Waals surface area (Å²) in [4.78, 5) is 65.8. The van der Waals surface area contributed by atoms with Crippen LogP contribution < -0.4 is 34.7 Å². The maximum absolute atomic E-state index is 13.5. The largest absolute Gasteiger partial charge is 1.00 e. The number of likely N-dealkylation sites (tertiary alicyclic amines) is 1. The van der Waals surface area contributed by atoms with Crippen LogP contribution in [0.5, 0.6) is 0 Å². The molecule has 366 valence electrons. The molecule has 3 aliphatic rings. The number of ketones is 3. The summed E-state index contributed by atoms with van der Waals surface area (Å²) in [7, 11) is 4.57. The maximum Gasteiger partial charge on any atom is 1.00 e. The Morgan fingerprint density at radius 3 is 2.21 bits per heavy atom. The van der Waals surface area contributed by atoms with E-state index in [9.17, 15) is 44.4 Å². The number of piperidine rings is 1. The number of ether oxygens (including phenoxy) is 4. The van der Waals surface area contributed by atoms with E-state index in [2.05, 4.69) is 6.92 Å². The number of hydrogen-bond acceptors (Lipinski definition) is 13. The Labute approximate surface area is 415 Å². The van der Waals surface area contributed by atoms with Crippen molar-refractivity contribution in [1.29, 1.82) is 0 Å². The number of allylic oxidation sites excluding steroid dienone is 8. The van der Waals surface area contributed by atoms with E-state index in [1.807, 2.05) is 57.2 Å². The van der Waals surface area contributed by atoms with Gasteiger partial charge in [-0.25, -0.2) is 0 Å². The molecule has 0 bridgehead atoms. The summed E-state index contributed by atoms with van der Waals surface area (Å²) in [6, 6.07) is -1.23.